The summed E-state index contributed by atoms with van der Waals surface area (Å²) in [5, 5.41) is 19.5. The van der Waals surface area contributed by atoms with Gasteiger partial charge in [-0.2, -0.15) is 0 Å². The minimum atomic E-state index is -1.02. The quantitative estimate of drug-likeness (QED) is 0.894. The van der Waals surface area contributed by atoms with Crippen LogP contribution in [0.3, 0.4) is 0 Å². The van der Waals surface area contributed by atoms with Crippen LogP contribution >= 0.6 is 0 Å². The summed E-state index contributed by atoms with van der Waals surface area (Å²) in [6, 6.07) is 3.66. The maximum atomic E-state index is 10.8. The summed E-state index contributed by atoms with van der Waals surface area (Å²) in [6.07, 6.45) is 4.41. The fourth-order valence-electron chi connectivity index (χ4n) is 2.42. The summed E-state index contributed by atoms with van der Waals surface area (Å²) in [5.41, 5.74) is 0.970. The highest BCUT2D eigenvalue weighted by Gasteiger charge is 2.47. The van der Waals surface area contributed by atoms with Crippen molar-refractivity contribution in [2.45, 2.75) is 37.1 Å². The molecule has 2 aromatic heterocycles. The van der Waals surface area contributed by atoms with Gasteiger partial charge in [0.2, 0.25) is 11.8 Å². The predicted octanol–water partition coefficient (Wildman–Crippen LogP) is 2.27. The average Bonchev–Trinajstić information content (AvgIpc) is 3.40. The van der Waals surface area contributed by atoms with Crippen molar-refractivity contribution in [1.82, 2.24) is 20.5 Å². The molecule has 2 heterocycles. The van der Waals surface area contributed by atoms with Crippen molar-refractivity contribution in [3.05, 3.63) is 29.9 Å². The van der Waals surface area contributed by atoms with Gasteiger partial charge in [0.15, 0.2) is 0 Å². The molecule has 0 unspecified atom stereocenters. The molecule has 7 heteroatoms. The Kier molecular flexibility index (Phi) is 2.51. The minimum absolute atomic E-state index is 0.424. The molecule has 0 aromatic carbocycles. The first kappa shape index (κ1) is 12.3. The smallest absolute Gasteiger partial charge is 0.405 e. The summed E-state index contributed by atoms with van der Waals surface area (Å²) in [7, 11) is 0. The third-order valence-corrected chi connectivity index (χ3v) is 3.96. The van der Waals surface area contributed by atoms with Crippen LogP contribution in [-0.4, -0.2) is 26.4 Å². The summed E-state index contributed by atoms with van der Waals surface area (Å²) < 4.78 is 5.63. The average molecular weight is 286 g/mol. The molecule has 0 bridgehead atoms. The number of carbonyl (C=O) groups is 1. The van der Waals surface area contributed by atoms with Crippen LogP contribution in [0.1, 0.15) is 43.2 Å². The van der Waals surface area contributed by atoms with E-state index in [1.165, 1.54) is 0 Å². The second-order valence-electron chi connectivity index (χ2n) is 5.66. The minimum Gasteiger partial charge on any atom is -0.465 e. The number of pyridine rings is 1. The van der Waals surface area contributed by atoms with Gasteiger partial charge in [-0.15, -0.1) is 10.2 Å². The van der Waals surface area contributed by atoms with Crippen LogP contribution in [0.25, 0.3) is 11.5 Å². The lowest BCUT2D eigenvalue weighted by atomic mass is 10.1. The van der Waals surface area contributed by atoms with Crippen LogP contribution in [0.4, 0.5) is 4.79 Å². The van der Waals surface area contributed by atoms with Crippen LogP contribution in [0.15, 0.2) is 22.7 Å². The van der Waals surface area contributed by atoms with Gasteiger partial charge in [0.05, 0.1) is 16.8 Å². The first-order valence-corrected chi connectivity index (χ1v) is 6.98. The topological polar surface area (TPSA) is 101 Å². The standard InChI is InChI=1S/C14H14N4O3/c19-13(20)16-14(5-6-14)10-4-3-9(7-15-10)12-18-17-11(21-12)8-1-2-8/h3-4,7-8,16H,1-2,5-6H2,(H,19,20). The van der Waals surface area contributed by atoms with E-state index in [4.69, 9.17) is 9.52 Å². The fraction of sp³-hybridized carbons (Fsp3) is 0.429. The van der Waals surface area contributed by atoms with Crippen molar-refractivity contribution >= 4 is 6.09 Å². The molecular formula is C14H14N4O3. The Morgan fingerprint density at radius 1 is 1.33 bits per heavy atom. The van der Waals surface area contributed by atoms with Gasteiger partial charge in [0, 0.05) is 12.1 Å². The van der Waals surface area contributed by atoms with Crippen LogP contribution in [0.5, 0.6) is 0 Å². The maximum Gasteiger partial charge on any atom is 0.405 e. The Hall–Kier alpha value is -2.44. The van der Waals surface area contributed by atoms with Gasteiger partial charge < -0.3 is 14.8 Å². The van der Waals surface area contributed by atoms with Crippen molar-refractivity contribution in [2.24, 2.45) is 0 Å². The third kappa shape index (κ3) is 2.24. The molecule has 2 fully saturated rings. The molecule has 0 atom stereocenters. The highest BCUT2D eigenvalue weighted by Crippen LogP contribution is 2.45. The Bertz CT molecular complexity index is 686. The van der Waals surface area contributed by atoms with Crippen molar-refractivity contribution in [1.29, 1.82) is 0 Å². The highest BCUT2D eigenvalue weighted by atomic mass is 16.4. The molecule has 4 rings (SSSR count). The van der Waals surface area contributed by atoms with Gasteiger partial charge in [0.1, 0.15) is 0 Å². The Morgan fingerprint density at radius 2 is 2.14 bits per heavy atom. The van der Waals surface area contributed by atoms with E-state index in [9.17, 15) is 4.79 Å². The largest absolute Gasteiger partial charge is 0.465 e. The second-order valence-corrected chi connectivity index (χ2v) is 5.66. The van der Waals surface area contributed by atoms with Crippen LogP contribution in [0.2, 0.25) is 0 Å². The molecule has 0 aliphatic heterocycles. The van der Waals surface area contributed by atoms with Crippen LogP contribution in [0, 0.1) is 0 Å². The molecule has 2 aliphatic carbocycles. The number of hydrogen-bond donors (Lipinski definition) is 2. The van der Waals surface area contributed by atoms with Crippen molar-refractivity contribution in [3.63, 3.8) is 0 Å². The van der Waals surface area contributed by atoms with Gasteiger partial charge in [-0.05, 0) is 37.8 Å². The summed E-state index contributed by atoms with van der Waals surface area (Å²) in [5.74, 6) is 1.58. The highest BCUT2D eigenvalue weighted by molar-refractivity contribution is 5.67. The lowest BCUT2D eigenvalue weighted by Gasteiger charge is -2.14. The molecule has 0 saturated heterocycles. The number of rotatable bonds is 4. The number of amides is 1. The van der Waals surface area contributed by atoms with E-state index in [0.717, 1.165) is 36.9 Å². The van der Waals surface area contributed by atoms with Crippen molar-refractivity contribution in [2.75, 3.05) is 0 Å². The molecule has 21 heavy (non-hydrogen) atoms. The molecule has 1 amide bonds. The first-order chi connectivity index (χ1) is 10.2. The zero-order valence-corrected chi connectivity index (χ0v) is 11.2. The molecule has 0 spiro atoms. The lowest BCUT2D eigenvalue weighted by molar-refractivity contribution is 0.188. The number of carboxylic acid groups (broad SMARTS) is 1. The van der Waals surface area contributed by atoms with Crippen molar-refractivity contribution in [3.8, 4) is 11.5 Å². The van der Waals surface area contributed by atoms with Crippen LogP contribution < -0.4 is 5.32 Å². The predicted molar refractivity (Wildman–Crippen MR) is 71.6 cm³/mol. The number of aromatic nitrogens is 3. The molecule has 2 aliphatic rings. The Morgan fingerprint density at radius 3 is 2.71 bits per heavy atom. The molecule has 108 valence electrons. The SMILES string of the molecule is O=C(O)NC1(c2ccc(-c3nnc(C4CC4)o3)cn2)CC1. The van der Waals surface area contributed by atoms with Crippen LogP contribution in [-0.2, 0) is 5.54 Å². The fourth-order valence-corrected chi connectivity index (χ4v) is 2.42. The van der Waals surface area contributed by atoms with E-state index in [1.807, 2.05) is 12.1 Å². The van der Waals surface area contributed by atoms with Gasteiger partial charge in [-0.1, -0.05) is 0 Å². The molecule has 7 nitrogen and oxygen atoms in total. The third-order valence-electron chi connectivity index (χ3n) is 3.96. The van der Waals surface area contributed by atoms with Crippen molar-refractivity contribution < 1.29 is 14.3 Å². The van der Waals surface area contributed by atoms with E-state index >= 15 is 0 Å². The monoisotopic (exact) mass is 286 g/mol. The second kappa shape index (κ2) is 4.28. The van der Waals surface area contributed by atoms with E-state index < -0.39 is 11.6 Å². The van der Waals surface area contributed by atoms with Gasteiger partial charge in [-0.3, -0.25) is 4.98 Å². The molecule has 2 aromatic rings. The number of nitrogens with one attached hydrogen (secondary N) is 1. The van der Waals surface area contributed by atoms with E-state index in [1.54, 1.807) is 6.20 Å². The molecular weight excluding hydrogens is 272 g/mol. The van der Waals surface area contributed by atoms with Gasteiger partial charge >= 0.3 is 6.09 Å². The number of nitrogens with zero attached hydrogens (tertiary/aromatic N) is 3. The van der Waals surface area contributed by atoms with E-state index in [-0.39, 0.29) is 0 Å². The summed E-state index contributed by atoms with van der Waals surface area (Å²) in [6.45, 7) is 0. The van der Waals surface area contributed by atoms with E-state index in [0.29, 0.717) is 17.7 Å². The zero-order chi connectivity index (χ0) is 14.4. The Balaban J connectivity index is 1.56. The lowest BCUT2D eigenvalue weighted by Crippen LogP contribution is -2.34. The molecule has 0 radical (unpaired) electrons. The number of hydrogen-bond acceptors (Lipinski definition) is 5. The first-order valence-electron chi connectivity index (χ1n) is 6.98. The molecule has 2 saturated carbocycles. The normalized spacial score (nSPS) is 19.2. The van der Waals surface area contributed by atoms with Gasteiger partial charge in [-0.25, -0.2) is 4.79 Å². The summed E-state index contributed by atoms with van der Waals surface area (Å²) in [4.78, 5) is 15.2. The maximum absolute atomic E-state index is 10.8. The Labute approximate surface area is 120 Å². The van der Waals surface area contributed by atoms with Gasteiger partial charge in [0.25, 0.3) is 0 Å². The molecule has 2 N–H and O–H groups in total. The summed E-state index contributed by atoms with van der Waals surface area (Å²) >= 11 is 0. The van der Waals surface area contributed by atoms with E-state index in [2.05, 4.69) is 20.5 Å². The zero-order valence-electron chi connectivity index (χ0n) is 11.2.